The van der Waals surface area contributed by atoms with Crippen molar-refractivity contribution in [3.8, 4) is 0 Å². The van der Waals surface area contributed by atoms with Crippen LogP contribution in [0, 0.1) is 0 Å². The van der Waals surface area contributed by atoms with Gasteiger partial charge in [0, 0.05) is 12.2 Å². The third-order valence-electron chi connectivity index (χ3n) is 3.06. The lowest BCUT2D eigenvalue weighted by Crippen LogP contribution is -2.37. The SMILES string of the molecule is CS(=O)(=O)N/N=C1\S[C@H](c2ccc(N)cc2)NN1CCCS(=O)(=O)O. The van der Waals surface area contributed by atoms with Crippen LogP contribution in [0.3, 0.4) is 0 Å². The Morgan fingerprint density at radius 1 is 1.32 bits per heavy atom. The summed E-state index contributed by atoms with van der Waals surface area (Å²) in [6, 6.07) is 7.13. The first-order valence-electron chi connectivity index (χ1n) is 7.09. The van der Waals surface area contributed by atoms with Crippen LogP contribution in [0.5, 0.6) is 0 Å². The molecule has 1 atom stereocenters. The maximum atomic E-state index is 11.2. The third kappa shape index (κ3) is 6.70. The smallest absolute Gasteiger partial charge is 0.264 e. The molecule has 1 aromatic rings. The molecule has 10 nitrogen and oxygen atoms in total. The molecule has 0 saturated carbocycles. The van der Waals surface area contributed by atoms with E-state index in [2.05, 4.69) is 15.4 Å². The summed E-state index contributed by atoms with van der Waals surface area (Å²) < 4.78 is 53.0. The largest absolute Gasteiger partial charge is 0.399 e. The molecule has 140 valence electrons. The zero-order valence-corrected chi connectivity index (χ0v) is 15.7. The lowest BCUT2D eigenvalue weighted by atomic mass is 10.2. The van der Waals surface area contributed by atoms with Crippen LogP contribution in [-0.4, -0.2) is 50.1 Å². The molecule has 1 aliphatic heterocycles. The Kier molecular flexibility index (Phi) is 6.16. The van der Waals surface area contributed by atoms with E-state index < -0.39 is 25.9 Å². The number of amidine groups is 1. The van der Waals surface area contributed by atoms with Gasteiger partial charge in [-0.15, -0.1) is 5.10 Å². The maximum absolute atomic E-state index is 11.2. The van der Waals surface area contributed by atoms with Crippen LogP contribution in [-0.2, 0) is 20.1 Å². The van der Waals surface area contributed by atoms with Gasteiger partial charge in [-0.25, -0.2) is 18.7 Å². The number of anilines is 1. The highest BCUT2D eigenvalue weighted by Crippen LogP contribution is 2.34. The van der Waals surface area contributed by atoms with Crippen molar-refractivity contribution >= 4 is 42.8 Å². The van der Waals surface area contributed by atoms with Crippen molar-refractivity contribution in [2.75, 3.05) is 24.3 Å². The summed E-state index contributed by atoms with van der Waals surface area (Å²) in [6.07, 6.45) is 1.11. The third-order valence-corrected chi connectivity index (χ3v) is 5.42. The number of rotatable bonds is 7. The average Bonchev–Trinajstić information content (AvgIpc) is 2.87. The van der Waals surface area contributed by atoms with E-state index in [1.54, 1.807) is 12.1 Å². The monoisotopic (exact) mass is 409 g/mol. The first kappa shape index (κ1) is 19.8. The molecule has 0 aromatic heterocycles. The number of sulfonamides is 1. The van der Waals surface area contributed by atoms with E-state index in [9.17, 15) is 16.8 Å². The van der Waals surface area contributed by atoms with Crippen LogP contribution in [0.1, 0.15) is 17.4 Å². The normalized spacial score (nSPS) is 20.2. The molecule has 5 N–H and O–H groups in total. The second kappa shape index (κ2) is 7.78. The highest BCUT2D eigenvalue weighted by atomic mass is 32.2. The van der Waals surface area contributed by atoms with Gasteiger partial charge in [-0.3, -0.25) is 9.56 Å². The average molecular weight is 410 g/mol. The number of benzene rings is 1. The van der Waals surface area contributed by atoms with E-state index >= 15 is 0 Å². The van der Waals surface area contributed by atoms with Crippen LogP contribution in [0.4, 0.5) is 5.69 Å². The van der Waals surface area contributed by atoms with Crippen LogP contribution in [0.15, 0.2) is 29.4 Å². The lowest BCUT2D eigenvalue weighted by Gasteiger charge is -2.18. The number of nitrogens with two attached hydrogens (primary N) is 1. The fourth-order valence-corrected chi connectivity index (χ4v) is 3.84. The van der Waals surface area contributed by atoms with Crippen molar-refractivity contribution < 1.29 is 21.4 Å². The quantitative estimate of drug-likeness (QED) is 0.275. The van der Waals surface area contributed by atoms with Crippen LogP contribution < -0.4 is 16.0 Å². The topological polar surface area (TPSA) is 154 Å². The summed E-state index contributed by atoms with van der Waals surface area (Å²) in [4.78, 5) is 2.05. The molecule has 2 rings (SSSR count). The zero-order valence-electron chi connectivity index (χ0n) is 13.3. The van der Waals surface area contributed by atoms with E-state index in [-0.39, 0.29) is 18.3 Å². The highest BCUT2D eigenvalue weighted by Gasteiger charge is 2.30. The van der Waals surface area contributed by atoms with Crippen molar-refractivity contribution in [1.82, 2.24) is 15.3 Å². The molecule has 1 heterocycles. The van der Waals surface area contributed by atoms with E-state index in [0.29, 0.717) is 10.9 Å². The first-order chi connectivity index (χ1) is 11.5. The Balaban J connectivity index is 2.13. The number of nitrogen functional groups attached to an aromatic ring is 1. The summed E-state index contributed by atoms with van der Waals surface area (Å²) in [5, 5.41) is 5.48. The molecule has 0 aliphatic carbocycles. The van der Waals surface area contributed by atoms with Gasteiger partial charge in [-0.05, 0) is 24.1 Å². The molecular weight excluding hydrogens is 390 g/mol. The molecule has 0 amide bonds. The Labute approximate surface area is 150 Å². The number of thioether (sulfide) groups is 1. The minimum atomic E-state index is -4.07. The summed E-state index contributed by atoms with van der Waals surface area (Å²) in [6.45, 7) is 0.211. The molecule has 0 unspecified atom stereocenters. The van der Waals surface area contributed by atoms with E-state index in [1.165, 1.54) is 16.8 Å². The predicted molar refractivity (Wildman–Crippen MR) is 97.5 cm³/mol. The van der Waals surface area contributed by atoms with Gasteiger partial charge in [-0.1, -0.05) is 23.9 Å². The van der Waals surface area contributed by atoms with Gasteiger partial charge >= 0.3 is 0 Å². The fourth-order valence-electron chi connectivity index (χ4n) is 1.98. The summed E-state index contributed by atoms with van der Waals surface area (Å²) >= 11 is 1.26. The molecule has 1 fully saturated rings. The molecule has 13 heteroatoms. The van der Waals surface area contributed by atoms with Crippen molar-refractivity contribution in [1.29, 1.82) is 0 Å². The maximum Gasteiger partial charge on any atom is 0.264 e. The number of nitrogens with one attached hydrogen (secondary N) is 2. The molecule has 0 radical (unpaired) electrons. The Morgan fingerprint density at radius 3 is 2.52 bits per heavy atom. The lowest BCUT2D eigenvalue weighted by molar-refractivity contribution is 0.316. The predicted octanol–water partition coefficient (Wildman–Crippen LogP) is -0.0811. The molecular formula is C12H19N5O5S3. The van der Waals surface area contributed by atoms with Crippen LogP contribution in [0.25, 0.3) is 0 Å². The van der Waals surface area contributed by atoms with E-state index in [0.717, 1.165) is 11.8 Å². The first-order valence-corrected chi connectivity index (χ1v) is 11.5. The molecule has 0 spiro atoms. The number of hydrogen-bond acceptors (Lipinski definition) is 8. The van der Waals surface area contributed by atoms with E-state index in [4.69, 9.17) is 10.3 Å². The summed E-state index contributed by atoms with van der Waals surface area (Å²) in [5.74, 6) is -0.408. The minimum Gasteiger partial charge on any atom is -0.399 e. The second-order valence-electron chi connectivity index (χ2n) is 5.34. The van der Waals surface area contributed by atoms with Gasteiger partial charge in [0.15, 0.2) is 5.17 Å². The molecule has 1 aliphatic rings. The summed E-state index contributed by atoms with van der Waals surface area (Å²) in [7, 11) is -7.59. The fraction of sp³-hybridized carbons (Fsp3) is 0.417. The van der Waals surface area contributed by atoms with Crippen LogP contribution in [0.2, 0.25) is 0 Å². The summed E-state index contributed by atoms with van der Waals surface area (Å²) in [5.41, 5.74) is 10.3. The number of nitrogens with zero attached hydrogens (tertiary/aromatic N) is 2. The van der Waals surface area contributed by atoms with Crippen molar-refractivity contribution in [2.24, 2.45) is 5.10 Å². The van der Waals surface area contributed by atoms with E-state index in [1.807, 2.05) is 12.1 Å². The minimum absolute atomic E-state index is 0.138. The number of hydrogen-bond donors (Lipinski definition) is 4. The molecule has 0 bridgehead atoms. The highest BCUT2D eigenvalue weighted by molar-refractivity contribution is 8.14. The Morgan fingerprint density at radius 2 is 1.96 bits per heavy atom. The van der Waals surface area contributed by atoms with Crippen LogP contribution >= 0.6 is 11.8 Å². The van der Waals surface area contributed by atoms with Gasteiger partial charge < -0.3 is 5.73 Å². The van der Waals surface area contributed by atoms with Crippen molar-refractivity contribution in [3.63, 3.8) is 0 Å². The van der Waals surface area contributed by atoms with Gasteiger partial charge in [0.25, 0.3) is 10.1 Å². The van der Waals surface area contributed by atoms with Gasteiger partial charge in [0.1, 0.15) is 5.37 Å². The second-order valence-corrected chi connectivity index (χ2v) is 9.71. The number of hydrazine groups is 1. The Hall–Kier alpha value is -1.54. The molecule has 25 heavy (non-hydrogen) atoms. The van der Waals surface area contributed by atoms with Gasteiger partial charge in [0.2, 0.25) is 10.0 Å². The molecule has 1 aromatic carbocycles. The van der Waals surface area contributed by atoms with Gasteiger partial charge in [-0.2, -0.15) is 8.42 Å². The standard InChI is InChI=1S/C12H19N5O5S3/c1-24(18,19)16-14-12-17(7-2-8-25(20,21)22)15-11(23-12)9-3-5-10(13)6-4-9/h3-6,11,15-16H,2,7-8,13H2,1H3,(H,20,21,22)/b14-12-/t11-/m1/s1. The zero-order chi connectivity index (χ0) is 18.7. The number of hydrazone groups is 1. The molecule has 1 saturated heterocycles. The van der Waals surface area contributed by atoms with Crippen molar-refractivity contribution in [2.45, 2.75) is 11.8 Å². The van der Waals surface area contributed by atoms with Gasteiger partial charge in [0.05, 0.1) is 12.0 Å². The Bertz CT molecular complexity index is 838. The van der Waals surface area contributed by atoms with Crippen molar-refractivity contribution in [3.05, 3.63) is 29.8 Å².